The summed E-state index contributed by atoms with van der Waals surface area (Å²) >= 11 is 0. The van der Waals surface area contributed by atoms with E-state index >= 15 is 0 Å². The molecule has 3 N–H and O–H groups in total. The van der Waals surface area contributed by atoms with Crippen LogP contribution in [0.1, 0.15) is 24.5 Å². The van der Waals surface area contributed by atoms with Gasteiger partial charge in [-0.15, -0.1) is 0 Å². The normalized spacial score (nSPS) is 20.7. The Labute approximate surface area is 119 Å². The van der Waals surface area contributed by atoms with Crippen molar-refractivity contribution in [1.29, 1.82) is 0 Å². The second-order valence-corrected chi connectivity index (χ2v) is 5.29. The molecule has 0 radical (unpaired) electrons. The monoisotopic (exact) mass is 278 g/mol. The van der Waals surface area contributed by atoms with E-state index in [1.807, 2.05) is 24.3 Å². The van der Waals surface area contributed by atoms with E-state index in [1.54, 1.807) is 7.05 Å². The highest BCUT2D eigenvalue weighted by molar-refractivity contribution is 5.71. The van der Waals surface area contributed by atoms with Crippen molar-refractivity contribution in [2.45, 2.75) is 18.9 Å². The first-order chi connectivity index (χ1) is 9.61. The summed E-state index contributed by atoms with van der Waals surface area (Å²) < 4.78 is 0. The second kappa shape index (κ2) is 6.72. The molecule has 5 heteroatoms. The van der Waals surface area contributed by atoms with Gasteiger partial charge in [0.25, 0.3) is 0 Å². The number of anilines is 1. The van der Waals surface area contributed by atoms with Crippen molar-refractivity contribution >= 4 is 11.7 Å². The number of aliphatic hydroxyl groups excluding tert-OH is 1. The first kappa shape index (κ1) is 14.8. The number of aliphatic carboxylic acids is 1. The Balaban J connectivity index is 2.04. The lowest BCUT2D eigenvalue weighted by atomic mass is 9.97. The Hall–Kier alpha value is -1.59. The molecule has 1 heterocycles. The van der Waals surface area contributed by atoms with Crippen LogP contribution in [0.25, 0.3) is 0 Å². The first-order valence-electron chi connectivity index (χ1n) is 7.02. The van der Waals surface area contributed by atoms with Crippen LogP contribution in [0.4, 0.5) is 5.69 Å². The minimum atomic E-state index is -0.712. The molecule has 1 aromatic carbocycles. The summed E-state index contributed by atoms with van der Waals surface area (Å²) in [5, 5.41) is 21.9. The van der Waals surface area contributed by atoms with Crippen LogP contribution in [0.3, 0.4) is 0 Å². The lowest BCUT2D eigenvalue weighted by molar-refractivity contribution is -0.141. The van der Waals surface area contributed by atoms with Crippen LogP contribution in [0.15, 0.2) is 24.3 Å². The molecule has 2 rings (SSSR count). The SMILES string of the molecule is CNCC(O)c1ccc(N2CCCC(C(=O)O)C2)cc1. The number of rotatable bonds is 5. The van der Waals surface area contributed by atoms with Crippen LogP contribution in [-0.4, -0.2) is 42.9 Å². The van der Waals surface area contributed by atoms with Gasteiger partial charge in [0.2, 0.25) is 0 Å². The fourth-order valence-electron chi connectivity index (χ4n) is 2.63. The van der Waals surface area contributed by atoms with E-state index in [-0.39, 0.29) is 5.92 Å². The molecule has 20 heavy (non-hydrogen) atoms. The summed E-state index contributed by atoms with van der Waals surface area (Å²) in [6.45, 7) is 1.97. The van der Waals surface area contributed by atoms with Gasteiger partial charge in [-0.25, -0.2) is 0 Å². The molecule has 0 amide bonds. The summed E-state index contributed by atoms with van der Waals surface area (Å²) in [4.78, 5) is 13.2. The standard InChI is InChI=1S/C15H22N2O3/c1-16-9-14(18)11-4-6-13(7-5-11)17-8-2-3-12(10-17)15(19)20/h4-7,12,14,16,18H,2-3,8-10H2,1H3,(H,19,20). The minimum absolute atomic E-state index is 0.279. The number of carboxylic acids is 1. The van der Waals surface area contributed by atoms with Gasteiger partial charge >= 0.3 is 5.97 Å². The van der Waals surface area contributed by atoms with E-state index in [1.165, 1.54) is 0 Å². The smallest absolute Gasteiger partial charge is 0.308 e. The number of hydrogen-bond acceptors (Lipinski definition) is 4. The van der Waals surface area contributed by atoms with Gasteiger partial charge in [0, 0.05) is 25.3 Å². The Morgan fingerprint density at radius 1 is 1.45 bits per heavy atom. The van der Waals surface area contributed by atoms with Crippen molar-refractivity contribution in [2.75, 3.05) is 31.6 Å². The topological polar surface area (TPSA) is 72.8 Å². The van der Waals surface area contributed by atoms with E-state index in [4.69, 9.17) is 5.11 Å². The quantitative estimate of drug-likeness (QED) is 0.756. The van der Waals surface area contributed by atoms with E-state index in [9.17, 15) is 9.90 Å². The van der Waals surface area contributed by atoms with Crippen molar-refractivity contribution in [3.05, 3.63) is 29.8 Å². The molecule has 0 aromatic heterocycles. The molecule has 2 unspecified atom stereocenters. The number of nitrogens with one attached hydrogen (secondary N) is 1. The molecule has 5 nitrogen and oxygen atoms in total. The Morgan fingerprint density at radius 3 is 2.75 bits per heavy atom. The fourth-order valence-corrected chi connectivity index (χ4v) is 2.63. The summed E-state index contributed by atoms with van der Waals surface area (Å²) in [5.74, 6) is -0.992. The fraction of sp³-hybridized carbons (Fsp3) is 0.533. The predicted octanol–water partition coefficient (Wildman–Crippen LogP) is 1.24. The number of benzene rings is 1. The van der Waals surface area contributed by atoms with E-state index in [0.717, 1.165) is 30.6 Å². The van der Waals surface area contributed by atoms with Gasteiger partial charge in [-0.2, -0.15) is 0 Å². The van der Waals surface area contributed by atoms with Crippen LogP contribution in [0.2, 0.25) is 0 Å². The van der Waals surface area contributed by atoms with E-state index < -0.39 is 12.1 Å². The van der Waals surface area contributed by atoms with Crippen molar-refractivity contribution in [3.8, 4) is 0 Å². The molecule has 1 aromatic rings. The molecule has 1 saturated heterocycles. The molecule has 0 aliphatic carbocycles. The second-order valence-electron chi connectivity index (χ2n) is 5.29. The Morgan fingerprint density at radius 2 is 2.15 bits per heavy atom. The molecule has 0 spiro atoms. The average Bonchev–Trinajstić information content (AvgIpc) is 2.48. The highest BCUT2D eigenvalue weighted by atomic mass is 16.4. The van der Waals surface area contributed by atoms with Crippen LogP contribution in [0, 0.1) is 5.92 Å². The number of piperidine rings is 1. The molecule has 2 atom stereocenters. The van der Waals surface area contributed by atoms with E-state index in [2.05, 4.69) is 10.2 Å². The zero-order valence-corrected chi connectivity index (χ0v) is 11.7. The molecule has 0 saturated carbocycles. The van der Waals surface area contributed by atoms with E-state index in [0.29, 0.717) is 13.1 Å². The average molecular weight is 278 g/mol. The number of hydrogen-bond donors (Lipinski definition) is 3. The summed E-state index contributed by atoms with van der Waals surface area (Å²) in [7, 11) is 1.80. The lowest BCUT2D eigenvalue weighted by Crippen LogP contribution is -2.38. The Kier molecular flexibility index (Phi) is 4.98. The van der Waals surface area contributed by atoms with Gasteiger partial charge < -0.3 is 20.4 Å². The number of carbonyl (C=O) groups is 1. The third-order valence-electron chi connectivity index (χ3n) is 3.81. The van der Waals surface area contributed by atoms with Gasteiger partial charge in [-0.05, 0) is 37.6 Å². The zero-order chi connectivity index (χ0) is 14.5. The molecular formula is C15H22N2O3. The van der Waals surface area contributed by atoms with Crippen molar-refractivity contribution in [1.82, 2.24) is 5.32 Å². The van der Waals surface area contributed by atoms with Crippen LogP contribution >= 0.6 is 0 Å². The molecular weight excluding hydrogens is 256 g/mol. The molecule has 0 bridgehead atoms. The maximum atomic E-state index is 11.1. The van der Waals surface area contributed by atoms with Gasteiger partial charge in [-0.1, -0.05) is 12.1 Å². The van der Waals surface area contributed by atoms with Gasteiger partial charge in [0.05, 0.1) is 12.0 Å². The highest BCUT2D eigenvalue weighted by Gasteiger charge is 2.25. The minimum Gasteiger partial charge on any atom is -0.481 e. The summed E-state index contributed by atoms with van der Waals surface area (Å²) in [6, 6.07) is 7.72. The Bertz CT molecular complexity index is 447. The van der Waals surface area contributed by atoms with Gasteiger partial charge in [-0.3, -0.25) is 4.79 Å². The molecule has 1 aliphatic rings. The van der Waals surface area contributed by atoms with Gasteiger partial charge in [0.1, 0.15) is 0 Å². The van der Waals surface area contributed by atoms with Crippen molar-refractivity contribution in [3.63, 3.8) is 0 Å². The largest absolute Gasteiger partial charge is 0.481 e. The number of aliphatic hydroxyl groups is 1. The van der Waals surface area contributed by atoms with Crippen LogP contribution < -0.4 is 10.2 Å². The van der Waals surface area contributed by atoms with Crippen LogP contribution in [0.5, 0.6) is 0 Å². The lowest BCUT2D eigenvalue weighted by Gasteiger charge is -2.32. The molecule has 1 fully saturated rings. The maximum Gasteiger partial charge on any atom is 0.308 e. The number of carboxylic acid groups (broad SMARTS) is 1. The summed E-state index contributed by atoms with van der Waals surface area (Å²) in [6.07, 6.45) is 1.15. The zero-order valence-electron chi connectivity index (χ0n) is 11.7. The van der Waals surface area contributed by atoms with Crippen LogP contribution in [-0.2, 0) is 4.79 Å². The highest BCUT2D eigenvalue weighted by Crippen LogP contribution is 2.25. The number of likely N-dealkylation sites (N-methyl/N-ethyl adjacent to an activating group) is 1. The third kappa shape index (κ3) is 3.49. The molecule has 110 valence electrons. The van der Waals surface area contributed by atoms with Crippen molar-refractivity contribution in [2.24, 2.45) is 5.92 Å². The van der Waals surface area contributed by atoms with Crippen molar-refractivity contribution < 1.29 is 15.0 Å². The first-order valence-corrected chi connectivity index (χ1v) is 7.02. The number of nitrogens with zero attached hydrogens (tertiary/aromatic N) is 1. The summed E-state index contributed by atoms with van der Waals surface area (Å²) in [5.41, 5.74) is 1.89. The maximum absolute atomic E-state index is 11.1. The van der Waals surface area contributed by atoms with Gasteiger partial charge in [0.15, 0.2) is 0 Å². The third-order valence-corrected chi connectivity index (χ3v) is 3.81. The molecule has 1 aliphatic heterocycles. The predicted molar refractivity (Wildman–Crippen MR) is 77.9 cm³/mol.